The van der Waals surface area contributed by atoms with Crippen molar-refractivity contribution in [2.75, 3.05) is 7.11 Å². The van der Waals surface area contributed by atoms with Gasteiger partial charge < -0.3 is 4.74 Å². The molecular weight excluding hydrogens is 180 g/mol. The average Bonchev–Trinajstić information content (AvgIpc) is 2.69. The van der Waals surface area contributed by atoms with E-state index in [4.69, 9.17) is 4.74 Å². The maximum atomic E-state index is 11.5. The first kappa shape index (κ1) is 9.44. The Balaban J connectivity index is 2.18. The molecule has 2 rings (SSSR count). The predicted molar refractivity (Wildman–Crippen MR) is 50.4 cm³/mol. The minimum atomic E-state index is -0.212. The summed E-state index contributed by atoms with van der Waals surface area (Å²) in [6.07, 6.45) is 4.42. The van der Waals surface area contributed by atoms with Gasteiger partial charge in [-0.15, -0.1) is 0 Å². The molecule has 2 aliphatic carbocycles. The minimum Gasteiger partial charge on any atom is -0.469 e. The molecular formula is C11H14O3. The first-order chi connectivity index (χ1) is 6.65. The van der Waals surface area contributed by atoms with Crippen LogP contribution in [0.4, 0.5) is 0 Å². The van der Waals surface area contributed by atoms with Gasteiger partial charge in [-0.2, -0.15) is 0 Å². The van der Waals surface area contributed by atoms with Crippen molar-refractivity contribution in [3.63, 3.8) is 0 Å². The van der Waals surface area contributed by atoms with E-state index in [1.807, 2.05) is 19.1 Å². The highest BCUT2D eigenvalue weighted by molar-refractivity contribution is 5.86. The van der Waals surface area contributed by atoms with E-state index >= 15 is 0 Å². The number of fused-ring (bicyclic) bond motifs is 1. The molecule has 3 heteroatoms. The van der Waals surface area contributed by atoms with Crippen LogP contribution in [0.15, 0.2) is 12.2 Å². The number of hydrogen-bond donors (Lipinski definition) is 0. The number of methoxy groups -OCH3 is 1. The van der Waals surface area contributed by atoms with Gasteiger partial charge in [-0.05, 0) is 11.8 Å². The number of esters is 1. The first-order valence-electron chi connectivity index (χ1n) is 4.94. The van der Waals surface area contributed by atoms with Gasteiger partial charge in [-0.25, -0.2) is 0 Å². The van der Waals surface area contributed by atoms with E-state index in [9.17, 15) is 9.59 Å². The average molecular weight is 194 g/mol. The summed E-state index contributed by atoms with van der Waals surface area (Å²) >= 11 is 0. The van der Waals surface area contributed by atoms with Crippen LogP contribution in [0.5, 0.6) is 0 Å². The fourth-order valence-corrected chi connectivity index (χ4v) is 2.60. The predicted octanol–water partition coefficient (Wildman–Crippen LogP) is 1.19. The molecule has 14 heavy (non-hydrogen) atoms. The van der Waals surface area contributed by atoms with E-state index in [2.05, 4.69) is 0 Å². The van der Waals surface area contributed by atoms with Crippen LogP contribution in [-0.4, -0.2) is 18.9 Å². The van der Waals surface area contributed by atoms with Crippen molar-refractivity contribution in [3.8, 4) is 0 Å². The summed E-state index contributed by atoms with van der Waals surface area (Å²) in [4.78, 5) is 22.8. The molecule has 0 radical (unpaired) electrons. The SMILES string of the molecule is COC(=O)C1C=C[C@H]2[C@@H](C)C(=O)C[C@@H]12. The van der Waals surface area contributed by atoms with Crippen molar-refractivity contribution >= 4 is 11.8 Å². The summed E-state index contributed by atoms with van der Waals surface area (Å²) in [6, 6.07) is 0. The molecule has 4 atom stereocenters. The summed E-state index contributed by atoms with van der Waals surface area (Å²) in [5, 5.41) is 0. The zero-order valence-corrected chi connectivity index (χ0v) is 8.40. The van der Waals surface area contributed by atoms with Crippen molar-refractivity contribution < 1.29 is 14.3 Å². The smallest absolute Gasteiger partial charge is 0.312 e. The quantitative estimate of drug-likeness (QED) is 0.465. The summed E-state index contributed by atoms with van der Waals surface area (Å²) in [7, 11) is 1.39. The molecule has 0 aromatic carbocycles. The van der Waals surface area contributed by atoms with Gasteiger partial charge >= 0.3 is 5.97 Å². The standard InChI is InChI=1S/C11H14O3/c1-6-7-3-4-8(11(13)14-2)9(7)5-10(6)12/h3-4,6-9H,5H2,1-2H3/t6-,7+,8?,9-/m1/s1. The number of carbonyl (C=O) groups is 2. The highest BCUT2D eigenvalue weighted by Gasteiger charge is 2.47. The third kappa shape index (κ3) is 1.19. The van der Waals surface area contributed by atoms with Crippen molar-refractivity contribution in [2.24, 2.45) is 23.7 Å². The van der Waals surface area contributed by atoms with Crippen LogP contribution in [0.25, 0.3) is 0 Å². The monoisotopic (exact) mass is 194 g/mol. The molecule has 0 aromatic heterocycles. The van der Waals surface area contributed by atoms with Crippen LogP contribution in [0.1, 0.15) is 13.3 Å². The van der Waals surface area contributed by atoms with Crippen LogP contribution in [0.3, 0.4) is 0 Å². The van der Waals surface area contributed by atoms with Gasteiger partial charge in [0.05, 0.1) is 13.0 Å². The number of ether oxygens (including phenoxy) is 1. The van der Waals surface area contributed by atoms with E-state index < -0.39 is 0 Å². The molecule has 0 N–H and O–H groups in total. The zero-order chi connectivity index (χ0) is 10.3. The molecule has 76 valence electrons. The van der Waals surface area contributed by atoms with Gasteiger partial charge in [-0.1, -0.05) is 19.1 Å². The van der Waals surface area contributed by atoms with Crippen molar-refractivity contribution in [1.82, 2.24) is 0 Å². The lowest BCUT2D eigenvalue weighted by molar-refractivity contribution is -0.145. The highest BCUT2D eigenvalue weighted by Crippen LogP contribution is 2.44. The molecule has 3 nitrogen and oxygen atoms in total. The van der Waals surface area contributed by atoms with Crippen LogP contribution in [0.2, 0.25) is 0 Å². The Morgan fingerprint density at radius 3 is 2.86 bits per heavy atom. The summed E-state index contributed by atoms with van der Waals surface area (Å²) in [5.41, 5.74) is 0. The lowest BCUT2D eigenvalue weighted by Crippen LogP contribution is -2.21. The van der Waals surface area contributed by atoms with Gasteiger partial charge in [0.2, 0.25) is 0 Å². The van der Waals surface area contributed by atoms with Crippen LogP contribution in [-0.2, 0) is 14.3 Å². The second-order valence-electron chi connectivity index (χ2n) is 4.13. The lowest BCUT2D eigenvalue weighted by Gasteiger charge is -2.16. The molecule has 0 heterocycles. The Hall–Kier alpha value is -1.12. The van der Waals surface area contributed by atoms with Crippen LogP contribution in [0, 0.1) is 23.7 Å². The van der Waals surface area contributed by atoms with Crippen LogP contribution >= 0.6 is 0 Å². The lowest BCUT2D eigenvalue weighted by atomic mass is 9.88. The Morgan fingerprint density at radius 2 is 2.21 bits per heavy atom. The molecule has 1 unspecified atom stereocenters. The fourth-order valence-electron chi connectivity index (χ4n) is 2.60. The molecule has 1 fully saturated rings. The number of rotatable bonds is 1. The molecule has 0 saturated heterocycles. The number of allylic oxidation sites excluding steroid dienone is 1. The van der Waals surface area contributed by atoms with Gasteiger partial charge in [0.25, 0.3) is 0 Å². The number of carbonyl (C=O) groups excluding carboxylic acids is 2. The molecule has 2 aliphatic rings. The van der Waals surface area contributed by atoms with Crippen LogP contribution < -0.4 is 0 Å². The second-order valence-corrected chi connectivity index (χ2v) is 4.13. The second kappa shape index (κ2) is 3.23. The minimum absolute atomic E-state index is 0.0749. The Bertz CT molecular complexity index is 306. The third-order valence-electron chi connectivity index (χ3n) is 3.49. The van der Waals surface area contributed by atoms with Gasteiger partial charge in [0, 0.05) is 12.3 Å². The molecule has 0 aliphatic heterocycles. The number of ketones is 1. The first-order valence-corrected chi connectivity index (χ1v) is 4.94. The molecule has 0 spiro atoms. The normalized spacial score (nSPS) is 40.0. The van der Waals surface area contributed by atoms with E-state index in [1.165, 1.54) is 7.11 Å². The Morgan fingerprint density at radius 1 is 1.50 bits per heavy atom. The molecule has 0 aromatic rings. The highest BCUT2D eigenvalue weighted by atomic mass is 16.5. The Labute approximate surface area is 83.1 Å². The Kier molecular flexibility index (Phi) is 2.17. The van der Waals surface area contributed by atoms with Crippen molar-refractivity contribution in [3.05, 3.63) is 12.2 Å². The van der Waals surface area contributed by atoms with E-state index in [1.54, 1.807) is 0 Å². The third-order valence-corrected chi connectivity index (χ3v) is 3.49. The van der Waals surface area contributed by atoms with Gasteiger partial charge in [0.1, 0.15) is 5.78 Å². The summed E-state index contributed by atoms with van der Waals surface area (Å²) < 4.78 is 4.71. The molecule has 1 saturated carbocycles. The van der Waals surface area contributed by atoms with E-state index in [0.717, 1.165) is 0 Å². The summed E-state index contributed by atoms with van der Waals surface area (Å²) in [6.45, 7) is 1.94. The van der Waals surface area contributed by atoms with Crippen molar-refractivity contribution in [2.45, 2.75) is 13.3 Å². The summed E-state index contributed by atoms with van der Waals surface area (Å²) in [5.74, 6) is 0.357. The maximum Gasteiger partial charge on any atom is 0.312 e. The number of Topliss-reactive ketones (excluding diaryl/α,β-unsaturated/α-hetero) is 1. The number of hydrogen-bond acceptors (Lipinski definition) is 3. The van der Waals surface area contributed by atoms with Gasteiger partial charge in [-0.3, -0.25) is 9.59 Å². The maximum absolute atomic E-state index is 11.5. The topological polar surface area (TPSA) is 43.4 Å². The van der Waals surface area contributed by atoms with E-state index in [0.29, 0.717) is 6.42 Å². The van der Waals surface area contributed by atoms with E-state index in [-0.39, 0.29) is 35.4 Å². The molecule has 0 bridgehead atoms. The van der Waals surface area contributed by atoms with Gasteiger partial charge in [0.15, 0.2) is 0 Å². The fraction of sp³-hybridized carbons (Fsp3) is 0.636. The van der Waals surface area contributed by atoms with Crippen molar-refractivity contribution in [1.29, 1.82) is 0 Å². The largest absolute Gasteiger partial charge is 0.469 e. The zero-order valence-electron chi connectivity index (χ0n) is 8.40. The molecule has 0 amide bonds.